The lowest BCUT2D eigenvalue weighted by molar-refractivity contribution is 0.200. The molecular formula is C15H14N2O2S. The second-order valence-corrected chi connectivity index (χ2v) is 5.31. The Morgan fingerprint density at radius 3 is 2.85 bits per heavy atom. The molecule has 5 heteroatoms. The number of nitrogens with zero attached hydrogens (tertiary/aromatic N) is 1. The van der Waals surface area contributed by atoms with Crippen molar-refractivity contribution < 1.29 is 4.74 Å². The van der Waals surface area contributed by atoms with E-state index < -0.39 is 0 Å². The molecule has 2 heterocycles. The number of aromatic nitrogens is 2. The van der Waals surface area contributed by atoms with Crippen LogP contribution in [0.4, 0.5) is 0 Å². The summed E-state index contributed by atoms with van der Waals surface area (Å²) in [7, 11) is 1.63. The van der Waals surface area contributed by atoms with Gasteiger partial charge in [0.05, 0.1) is 12.0 Å². The number of rotatable bonds is 4. The highest BCUT2D eigenvalue weighted by atomic mass is 32.1. The zero-order valence-electron chi connectivity index (χ0n) is 11.1. The molecule has 20 heavy (non-hydrogen) atoms. The summed E-state index contributed by atoms with van der Waals surface area (Å²) in [5.41, 5.74) is 1.90. The van der Waals surface area contributed by atoms with Gasteiger partial charge in [-0.25, -0.2) is 4.98 Å². The number of thiophene rings is 1. The van der Waals surface area contributed by atoms with Crippen LogP contribution < -0.4 is 5.56 Å². The third-order valence-electron chi connectivity index (χ3n) is 3.12. The number of benzene rings is 1. The van der Waals surface area contributed by atoms with Gasteiger partial charge in [0.2, 0.25) is 0 Å². The molecule has 0 unspecified atom stereocenters. The van der Waals surface area contributed by atoms with Gasteiger partial charge in [-0.3, -0.25) is 4.79 Å². The molecule has 0 aliphatic heterocycles. The minimum absolute atomic E-state index is 0.0822. The van der Waals surface area contributed by atoms with Crippen LogP contribution >= 0.6 is 11.3 Å². The summed E-state index contributed by atoms with van der Waals surface area (Å²) in [5.74, 6) is 0.672. The first-order valence-corrected chi connectivity index (χ1v) is 7.22. The van der Waals surface area contributed by atoms with Crippen molar-refractivity contribution in [2.45, 2.75) is 6.42 Å². The molecule has 0 spiro atoms. The number of H-pyrrole nitrogens is 1. The van der Waals surface area contributed by atoms with E-state index in [9.17, 15) is 4.79 Å². The minimum Gasteiger partial charge on any atom is -0.384 e. The summed E-state index contributed by atoms with van der Waals surface area (Å²) in [5, 5.41) is 2.66. The third kappa shape index (κ3) is 2.37. The first-order valence-electron chi connectivity index (χ1n) is 6.34. The average molecular weight is 286 g/mol. The van der Waals surface area contributed by atoms with Crippen molar-refractivity contribution in [3.63, 3.8) is 0 Å². The minimum atomic E-state index is -0.0822. The summed E-state index contributed by atoms with van der Waals surface area (Å²) in [4.78, 5) is 20.4. The number of hydrogen-bond acceptors (Lipinski definition) is 4. The molecule has 0 fully saturated rings. The standard InChI is InChI=1S/C15H14N2O2S/c1-19-8-7-12-16-14(18)13-11(9-20-15(13)17-12)10-5-3-2-4-6-10/h2-6,9H,7-8H2,1H3,(H,16,17,18). The Morgan fingerprint density at radius 1 is 1.30 bits per heavy atom. The Balaban J connectivity index is 2.12. The largest absolute Gasteiger partial charge is 0.384 e. The summed E-state index contributed by atoms with van der Waals surface area (Å²) >= 11 is 1.50. The van der Waals surface area contributed by atoms with Crippen LogP contribution in [0, 0.1) is 0 Å². The van der Waals surface area contributed by atoms with Crippen molar-refractivity contribution in [2.75, 3.05) is 13.7 Å². The molecule has 1 N–H and O–H groups in total. The molecule has 1 aromatic carbocycles. The average Bonchev–Trinajstić information content (AvgIpc) is 2.90. The third-order valence-corrected chi connectivity index (χ3v) is 3.99. The van der Waals surface area contributed by atoms with Crippen LogP contribution in [0.1, 0.15) is 5.82 Å². The van der Waals surface area contributed by atoms with Gasteiger partial charge in [0.1, 0.15) is 10.7 Å². The Kier molecular flexibility index (Phi) is 3.62. The van der Waals surface area contributed by atoms with Gasteiger partial charge in [-0.2, -0.15) is 0 Å². The summed E-state index contributed by atoms with van der Waals surface area (Å²) in [6.07, 6.45) is 0.611. The van der Waals surface area contributed by atoms with Gasteiger partial charge in [-0.15, -0.1) is 11.3 Å². The second-order valence-electron chi connectivity index (χ2n) is 4.45. The number of aromatic amines is 1. The van der Waals surface area contributed by atoms with Gasteiger partial charge >= 0.3 is 0 Å². The van der Waals surface area contributed by atoms with Gasteiger partial charge in [0.25, 0.3) is 5.56 Å². The Bertz CT molecular complexity index is 777. The smallest absolute Gasteiger partial charge is 0.260 e. The van der Waals surface area contributed by atoms with Crippen molar-refractivity contribution in [1.82, 2.24) is 9.97 Å². The molecule has 3 aromatic rings. The van der Waals surface area contributed by atoms with E-state index in [1.807, 2.05) is 35.7 Å². The van der Waals surface area contributed by atoms with Crippen LogP contribution in [-0.4, -0.2) is 23.7 Å². The van der Waals surface area contributed by atoms with Gasteiger partial charge in [0.15, 0.2) is 0 Å². The normalized spacial score (nSPS) is 11.1. The number of methoxy groups -OCH3 is 1. The van der Waals surface area contributed by atoms with Crippen molar-refractivity contribution >= 4 is 21.6 Å². The zero-order chi connectivity index (χ0) is 13.9. The maximum atomic E-state index is 12.3. The highest BCUT2D eigenvalue weighted by molar-refractivity contribution is 7.17. The fourth-order valence-electron chi connectivity index (χ4n) is 2.14. The van der Waals surface area contributed by atoms with Crippen molar-refractivity contribution in [2.24, 2.45) is 0 Å². The fraction of sp³-hybridized carbons (Fsp3) is 0.200. The fourth-order valence-corrected chi connectivity index (χ4v) is 3.11. The van der Waals surface area contributed by atoms with E-state index in [0.717, 1.165) is 16.0 Å². The molecule has 0 saturated heterocycles. The summed E-state index contributed by atoms with van der Waals surface area (Å²) in [6, 6.07) is 9.89. The number of ether oxygens (including phenoxy) is 1. The van der Waals surface area contributed by atoms with Gasteiger partial charge < -0.3 is 9.72 Å². The molecule has 0 saturated carbocycles. The summed E-state index contributed by atoms with van der Waals surface area (Å²) in [6.45, 7) is 0.547. The Labute approximate surface area is 120 Å². The number of nitrogens with one attached hydrogen (secondary N) is 1. The summed E-state index contributed by atoms with van der Waals surface area (Å²) < 4.78 is 5.01. The maximum absolute atomic E-state index is 12.3. The lowest BCUT2D eigenvalue weighted by Crippen LogP contribution is -2.12. The molecular weight excluding hydrogens is 272 g/mol. The number of fused-ring (bicyclic) bond motifs is 1. The van der Waals surface area contributed by atoms with E-state index in [4.69, 9.17) is 4.74 Å². The van der Waals surface area contributed by atoms with Crippen molar-refractivity contribution in [3.8, 4) is 11.1 Å². The lowest BCUT2D eigenvalue weighted by Gasteiger charge is -2.01. The first-order chi connectivity index (χ1) is 9.79. The SMILES string of the molecule is COCCc1nc2scc(-c3ccccc3)c2c(=O)[nH]1. The van der Waals surface area contributed by atoms with Gasteiger partial charge in [-0.05, 0) is 5.56 Å². The first kappa shape index (κ1) is 13.0. The zero-order valence-corrected chi connectivity index (χ0v) is 11.9. The quantitative estimate of drug-likeness (QED) is 0.802. The maximum Gasteiger partial charge on any atom is 0.260 e. The van der Waals surface area contributed by atoms with E-state index in [1.54, 1.807) is 7.11 Å². The second kappa shape index (κ2) is 5.56. The number of hydrogen-bond donors (Lipinski definition) is 1. The molecule has 0 atom stereocenters. The molecule has 0 aliphatic rings. The van der Waals surface area contributed by atoms with E-state index >= 15 is 0 Å². The predicted molar refractivity (Wildman–Crippen MR) is 81.3 cm³/mol. The van der Waals surface area contributed by atoms with Crippen molar-refractivity contribution in [3.05, 3.63) is 51.9 Å². The lowest BCUT2D eigenvalue weighted by atomic mass is 10.1. The van der Waals surface area contributed by atoms with Crippen LogP contribution in [-0.2, 0) is 11.2 Å². The predicted octanol–water partition coefficient (Wildman–Crippen LogP) is 2.84. The molecule has 0 bridgehead atoms. The van der Waals surface area contributed by atoms with E-state index in [2.05, 4.69) is 9.97 Å². The van der Waals surface area contributed by atoms with Crippen LogP contribution in [0.25, 0.3) is 21.3 Å². The van der Waals surface area contributed by atoms with Crippen LogP contribution in [0.15, 0.2) is 40.5 Å². The molecule has 0 radical (unpaired) electrons. The molecule has 102 valence electrons. The van der Waals surface area contributed by atoms with E-state index in [-0.39, 0.29) is 5.56 Å². The highest BCUT2D eigenvalue weighted by Crippen LogP contribution is 2.30. The van der Waals surface area contributed by atoms with Crippen molar-refractivity contribution in [1.29, 1.82) is 0 Å². The Morgan fingerprint density at radius 2 is 2.10 bits per heavy atom. The molecule has 4 nitrogen and oxygen atoms in total. The van der Waals surface area contributed by atoms with E-state index in [1.165, 1.54) is 11.3 Å². The van der Waals surface area contributed by atoms with E-state index in [0.29, 0.717) is 24.2 Å². The highest BCUT2D eigenvalue weighted by Gasteiger charge is 2.12. The monoisotopic (exact) mass is 286 g/mol. The van der Waals surface area contributed by atoms with Crippen LogP contribution in [0.3, 0.4) is 0 Å². The molecule has 2 aromatic heterocycles. The molecule has 0 aliphatic carbocycles. The van der Waals surface area contributed by atoms with Crippen LogP contribution in [0.5, 0.6) is 0 Å². The van der Waals surface area contributed by atoms with Gasteiger partial charge in [-0.1, -0.05) is 30.3 Å². The van der Waals surface area contributed by atoms with Crippen LogP contribution in [0.2, 0.25) is 0 Å². The topological polar surface area (TPSA) is 55.0 Å². The molecule has 0 amide bonds. The van der Waals surface area contributed by atoms with Gasteiger partial charge in [0, 0.05) is 24.5 Å². The Hall–Kier alpha value is -1.98. The molecule has 3 rings (SSSR count).